The van der Waals surface area contributed by atoms with Crippen LogP contribution in [0.25, 0.3) is 0 Å². The predicted octanol–water partition coefficient (Wildman–Crippen LogP) is 4.13. The molecule has 2 aromatic rings. The number of thioether (sulfide) groups is 1. The van der Waals surface area contributed by atoms with Crippen molar-refractivity contribution in [1.82, 2.24) is 4.98 Å². The summed E-state index contributed by atoms with van der Waals surface area (Å²) >= 11 is 1.77. The smallest absolute Gasteiger partial charge is 0.0957 e. The van der Waals surface area contributed by atoms with E-state index >= 15 is 0 Å². The number of aliphatic hydroxyl groups is 1. The Labute approximate surface area is 118 Å². The molecule has 1 atom stereocenters. The van der Waals surface area contributed by atoms with Gasteiger partial charge in [0, 0.05) is 16.8 Å². The maximum atomic E-state index is 9.69. The van der Waals surface area contributed by atoms with Gasteiger partial charge in [0.2, 0.25) is 0 Å². The molecule has 0 aliphatic carbocycles. The fourth-order valence-corrected chi connectivity index (χ4v) is 2.66. The van der Waals surface area contributed by atoms with E-state index in [4.69, 9.17) is 0 Å². The summed E-state index contributed by atoms with van der Waals surface area (Å²) in [6, 6.07) is 12.5. The van der Waals surface area contributed by atoms with Crippen LogP contribution in [0.4, 0.5) is 0 Å². The molecule has 0 saturated carbocycles. The summed E-state index contributed by atoms with van der Waals surface area (Å²) in [6.45, 7) is 4.06. The van der Waals surface area contributed by atoms with Gasteiger partial charge in [-0.05, 0) is 31.0 Å². The van der Waals surface area contributed by atoms with Crippen molar-refractivity contribution in [2.75, 3.05) is 0 Å². The van der Waals surface area contributed by atoms with Crippen molar-refractivity contribution in [2.45, 2.75) is 37.0 Å². The number of aromatic nitrogens is 1. The third-order valence-corrected chi connectivity index (χ3v) is 4.03. The third-order valence-electron chi connectivity index (χ3n) is 2.98. The van der Waals surface area contributed by atoms with Crippen molar-refractivity contribution in [3.8, 4) is 0 Å². The van der Waals surface area contributed by atoms with E-state index < -0.39 is 6.10 Å². The number of hydrogen-bond donors (Lipinski definition) is 1. The van der Waals surface area contributed by atoms with E-state index in [1.54, 1.807) is 11.8 Å². The maximum absolute atomic E-state index is 9.69. The summed E-state index contributed by atoms with van der Waals surface area (Å²) in [5.41, 5.74) is 3.36. The molecule has 1 heterocycles. The topological polar surface area (TPSA) is 33.1 Å². The second kappa shape index (κ2) is 6.73. The van der Waals surface area contributed by atoms with E-state index in [9.17, 15) is 5.11 Å². The molecule has 0 aliphatic heterocycles. The van der Waals surface area contributed by atoms with E-state index in [2.05, 4.69) is 36.2 Å². The van der Waals surface area contributed by atoms with Gasteiger partial charge in [0.05, 0.1) is 11.8 Å². The third kappa shape index (κ3) is 4.08. The van der Waals surface area contributed by atoms with Gasteiger partial charge in [-0.25, -0.2) is 0 Å². The molecule has 0 spiro atoms. The Morgan fingerprint density at radius 1 is 1.26 bits per heavy atom. The highest BCUT2D eigenvalue weighted by atomic mass is 32.2. The normalized spacial score (nSPS) is 12.4. The average Bonchev–Trinajstić information content (AvgIpc) is 2.45. The van der Waals surface area contributed by atoms with E-state index in [1.165, 1.54) is 11.1 Å². The molecular formula is C16H19NOS. The first-order valence-electron chi connectivity index (χ1n) is 6.51. The molecule has 0 bridgehead atoms. The Balaban J connectivity index is 1.96. The molecular weight excluding hydrogens is 254 g/mol. The van der Waals surface area contributed by atoms with E-state index in [0.29, 0.717) is 6.42 Å². The van der Waals surface area contributed by atoms with E-state index in [1.807, 2.05) is 25.3 Å². The average molecular weight is 273 g/mol. The molecule has 19 heavy (non-hydrogen) atoms. The first-order chi connectivity index (χ1) is 9.19. The molecule has 3 heteroatoms. The molecule has 2 rings (SSSR count). The molecule has 0 fully saturated rings. The lowest BCUT2D eigenvalue weighted by Gasteiger charge is -2.08. The Morgan fingerprint density at radius 2 is 2.11 bits per heavy atom. The Hall–Kier alpha value is -1.32. The molecule has 1 aromatic heterocycles. The molecule has 0 unspecified atom stereocenters. The highest BCUT2D eigenvalue weighted by Crippen LogP contribution is 2.24. The van der Waals surface area contributed by atoms with Gasteiger partial charge in [0.1, 0.15) is 0 Å². The van der Waals surface area contributed by atoms with Gasteiger partial charge in [0.15, 0.2) is 0 Å². The lowest BCUT2D eigenvalue weighted by molar-refractivity contribution is 0.169. The minimum atomic E-state index is -0.448. The van der Waals surface area contributed by atoms with Crippen LogP contribution in [0.3, 0.4) is 0 Å². The zero-order valence-corrected chi connectivity index (χ0v) is 12.2. The maximum Gasteiger partial charge on any atom is 0.0957 e. The van der Waals surface area contributed by atoms with Crippen LogP contribution in [0, 0.1) is 6.92 Å². The van der Waals surface area contributed by atoms with Gasteiger partial charge < -0.3 is 5.11 Å². The van der Waals surface area contributed by atoms with Crippen LogP contribution >= 0.6 is 11.8 Å². The van der Waals surface area contributed by atoms with Gasteiger partial charge >= 0.3 is 0 Å². The first kappa shape index (κ1) is 14.1. The van der Waals surface area contributed by atoms with Crippen molar-refractivity contribution in [3.05, 3.63) is 59.4 Å². The standard InChI is InChI=1S/C16H19NOS/c1-3-16(18)15-8-7-14(10-17-15)19-11-13-6-4-5-12(2)9-13/h4-10,16,18H,3,11H2,1-2H3/t16-/m0/s1. The van der Waals surface area contributed by atoms with Gasteiger partial charge in [-0.3, -0.25) is 4.98 Å². The number of nitrogens with zero attached hydrogens (tertiary/aromatic N) is 1. The van der Waals surface area contributed by atoms with Gasteiger partial charge in [-0.2, -0.15) is 0 Å². The lowest BCUT2D eigenvalue weighted by atomic mass is 10.2. The number of aliphatic hydroxyl groups excluding tert-OH is 1. The molecule has 2 nitrogen and oxygen atoms in total. The number of rotatable bonds is 5. The van der Waals surface area contributed by atoms with E-state index in [0.717, 1.165) is 16.3 Å². The Kier molecular flexibility index (Phi) is 5.00. The summed E-state index contributed by atoms with van der Waals surface area (Å²) in [5, 5.41) is 9.69. The van der Waals surface area contributed by atoms with Gasteiger partial charge in [0.25, 0.3) is 0 Å². The second-order valence-corrected chi connectivity index (χ2v) is 5.67. The van der Waals surface area contributed by atoms with Crippen molar-refractivity contribution in [2.24, 2.45) is 0 Å². The highest BCUT2D eigenvalue weighted by Gasteiger charge is 2.06. The highest BCUT2D eigenvalue weighted by molar-refractivity contribution is 7.98. The van der Waals surface area contributed by atoms with Crippen molar-refractivity contribution in [3.63, 3.8) is 0 Å². The first-order valence-corrected chi connectivity index (χ1v) is 7.50. The SMILES string of the molecule is CC[C@H](O)c1ccc(SCc2cccc(C)c2)cn1. The Morgan fingerprint density at radius 3 is 2.74 bits per heavy atom. The molecule has 0 aliphatic rings. The van der Waals surface area contributed by atoms with Gasteiger partial charge in [-0.15, -0.1) is 11.8 Å². The molecule has 100 valence electrons. The molecule has 1 N–H and O–H groups in total. The number of benzene rings is 1. The van der Waals surface area contributed by atoms with Crippen LogP contribution in [-0.4, -0.2) is 10.1 Å². The van der Waals surface area contributed by atoms with Crippen LogP contribution in [0.2, 0.25) is 0 Å². The second-order valence-electron chi connectivity index (χ2n) is 4.62. The van der Waals surface area contributed by atoms with Crippen LogP contribution in [-0.2, 0) is 5.75 Å². The van der Waals surface area contributed by atoms with E-state index in [-0.39, 0.29) is 0 Å². The Bertz CT molecular complexity index is 525. The minimum absolute atomic E-state index is 0.448. The van der Waals surface area contributed by atoms with Crippen LogP contribution in [0.15, 0.2) is 47.5 Å². The fraction of sp³-hybridized carbons (Fsp3) is 0.312. The van der Waals surface area contributed by atoms with Crippen LogP contribution in [0.5, 0.6) is 0 Å². The number of hydrogen-bond acceptors (Lipinski definition) is 3. The van der Waals surface area contributed by atoms with Crippen molar-refractivity contribution < 1.29 is 5.11 Å². The quantitative estimate of drug-likeness (QED) is 0.832. The zero-order valence-electron chi connectivity index (χ0n) is 11.3. The van der Waals surface area contributed by atoms with Crippen molar-refractivity contribution in [1.29, 1.82) is 0 Å². The van der Waals surface area contributed by atoms with Crippen molar-refractivity contribution >= 4 is 11.8 Å². The summed E-state index contributed by atoms with van der Waals surface area (Å²) in [4.78, 5) is 5.44. The lowest BCUT2D eigenvalue weighted by Crippen LogP contribution is -1.97. The minimum Gasteiger partial charge on any atom is -0.387 e. The largest absolute Gasteiger partial charge is 0.387 e. The summed E-state index contributed by atoms with van der Waals surface area (Å²) < 4.78 is 0. The molecule has 0 saturated heterocycles. The zero-order chi connectivity index (χ0) is 13.7. The monoisotopic (exact) mass is 273 g/mol. The molecule has 1 aromatic carbocycles. The fourth-order valence-electron chi connectivity index (χ4n) is 1.85. The number of pyridine rings is 1. The molecule has 0 amide bonds. The summed E-state index contributed by atoms with van der Waals surface area (Å²) in [7, 11) is 0. The summed E-state index contributed by atoms with van der Waals surface area (Å²) in [6.07, 6.45) is 2.09. The van der Waals surface area contributed by atoms with Crippen LogP contribution in [0.1, 0.15) is 36.3 Å². The molecule has 0 radical (unpaired) electrons. The van der Waals surface area contributed by atoms with Crippen LogP contribution < -0.4 is 0 Å². The predicted molar refractivity (Wildman–Crippen MR) is 80.2 cm³/mol. The number of aryl methyl sites for hydroxylation is 1. The summed E-state index contributed by atoms with van der Waals surface area (Å²) in [5.74, 6) is 0.943. The van der Waals surface area contributed by atoms with Gasteiger partial charge in [-0.1, -0.05) is 36.8 Å².